The molecule has 3 aromatic rings. The van der Waals surface area contributed by atoms with Gasteiger partial charge in [0.2, 0.25) is 11.6 Å². The molecule has 10 heteroatoms. The molecule has 0 fully saturated rings. The van der Waals surface area contributed by atoms with E-state index >= 15 is 0 Å². The van der Waals surface area contributed by atoms with Gasteiger partial charge in [0.15, 0.2) is 0 Å². The van der Waals surface area contributed by atoms with Crippen molar-refractivity contribution in [1.82, 2.24) is 15.4 Å². The van der Waals surface area contributed by atoms with E-state index in [9.17, 15) is 14.9 Å². The lowest BCUT2D eigenvalue weighted by molar-refractivity contribution is -0.383. The molecule has 10 nitrogen and oxygen atoms in total. The molecule has 0 aliphatic heterocycles. The second-order valence-electron chi connectivity index (χ2n) is 6.32. The van der Waals surface area contributed by atoms with E-state index < -0.39 is 10.8 Å². The number of aryl methyl sites for hydroxylation is 1. The standard InChI is InChI=1S/C20H20N6O4/c1-13-3-5-14(6-4-13)11-21-18-17(26(28)29)19(23-12-22-18)24-25-20(27)15-7-9-16(30-2)10-8-15/h3-10,12H,11H2,1-2H3,(H,25,27)(H2,21,22,23,24). The molecule has 0 radical (unpaired) electrons. The zero-order valence-corrected chi connectivity index (χ0v) is 16.4. The maximum Gasteiger partial charge on any atom is 0.354 e. The molecule has 0 atom stereocenters. The van der Waals surface area contributed by atoms with Gasteiger partial charge in [-0.1, -0.05) is 29.8 Å². The summed E-state index contributed by atoms with van der Waals surface area (Å²) in [5, 5.41) is 14.5. The van der Waals surface area contributed by atoms with Gasteiger partial charge in [0, 0.05) is 12.1 Å². The molecule has 1 amide bonds. The topological polar surface area (TPSA) is 131 Å². The number of nitrogens with one attached hydrogen (secondary N) is 3. The predicted octanol–water partition coefficient (Wildman–Crippen LogP) is 3.07. The van der Waals surface area contributed by atoms with Crippen LogP contribution in [0.25, 0.3) is 0 Å². The Morgan fingerprint density at radius 1 is 1.07 bits per heavy atom. The van der Waals surface area contributed by atoms with Gasteiger partial charge in [-0.15, -0.1) is 0 Å². The Labute approximate surface area is 172 Å². The molecule has 0 saturated heterocycles. The van der Waals surface area contributed by atoms with Crippen molar-refractivity contribution >= 4 is 23.2 Å². The van der Waals surface area contributed by atoms with Gasteiger partial charge in [-0.3, -0.25) is 25.8 Å². The molecular formula is C20H20N6O4. The Hall–Kier alpha value is -4.21. The van der Waals surface area contributed by atoms with Gasteiger partial charge in [0.1, 0.15) is 12.1 Å². The third-order valence-electron chi connectivity index (χ3n) is 4.23. The van der Waals surface area contributed by atoms with Crippen molar-refractivity contribution < 1.29 is 14.5 Å². The second-order valence-corrected chi connectivity index (χ2v) is 6.32. The van der Waals surface area contributed by atoms with Crippen LogP contribution in [0, 0.1) is 17.0 Å². The van der Waals surface area contributed by atoms with Crippen molar-refractivity contribution in [1.29, 1.82) is 0 Å². The molecule has 0 unspecified atom stereocenters. The second kappa shape index (κ2) is 9.32. The first-order chi connectivity index (χ1) is 14.5. The number of nitrogens with zero attached hydrogens (tertiary/aromatic N) is 3. The van der Waals surface area contributed by atoms with Crippen LogP contribution in [0.1, 0.15) is 21.5 Å². The Balaban J connectivity index is 1.72. The van der Waals surface area contributed by atoms with E-state index in [0.29, 0.717) is 17.9 Å². The number of benzene rings is 2. The highest BCUT2D eigenvalue weighted by Gasteiger charge is 2.23. The van der Waals surface area contributed by atoms with Crippen LogP contribution in [0.5, 0.6) is 5.75 Å². The van der Waals surface area contributed by atoms with E-state index in [1.807, 2.05) is 31.2 Å². The van der Waals surface area contributed by atoms with E-state index in [-0.39, 0.29) is 17.3 Å². The maximum atomic E-state index is 12.3. The first-order valence-electron chi connectivity index (χ1n) is 8.97. The lowest BCUT2D eigenvalue weighted by atomic mass is 10.1. The Morgan fingerprint density at radius 3 is 2.37 bits per heavy atom. The quantitative estimate of drug-likeness (QED) is 0.383. The number of aromatic nitrogens is 2. The molecule has 0 saturated carbocycles. The molecule has 0 spiro atoms. The molecule has 3 rings (SSSR count). The molecular weight excluding hydrogens is 388 g/mol. The van der Waals surface area contributed by atoms with Gasteiger partial charge in [-0.2, -0.15) is 0 Å². The number of rotatable bonds is 8. The number of carbonyl (C=O) groups is 1. The van der Waals surface area contributed by atoms with E-state index in [1.165, 1.54) is 13.4 Å². The lowest BCUT2D eigenvalue weighted by Gasteiger charge is -2.11. The van der Waals surface area contributed by atoms with Crippen LogP contribution in [0.15, 0.2) is 54.9 Å². The SMILES string of the molecule is COc1ccc(C(=O)NNc2ncnc(NCc3ccc(C)cc3)c2[N+](=O)[O-])cc1. The molecule has 3 N–H and O–H groups in total. The van der Waals surface area contributed by atoms with Crippen LogP contribution in [-0.4, -0.2) is 27.9 Å². The van der Waals surface area contributed by atoms with Crippen LogP contribution in [0.2, 0.25) is 0 Å². The fourth-order valence-corrected chi connectivity index (χ4v) is 2.59. The van der Waals surface area contributed by atoms with Gasteiger partial charge in [-0.25, -0.2) is 9.97 Å². The third-order valence-corrected chi connectivity index (χ3v) is 4.23. The van der Waals surface area contributed by atoms with E-state index in [0.717, 1.165) is 11.1 Å². The highest BCUT2D eigenvalue weighted by atomic mass is 16.6. The fourth-order valence-electron chi connectivity index (χ4n) is 2.59. The molecule has 0 aliphatic carbocycles. The molecule has 0 aliphatic rings. The number of nitro groups is 1. The normalized spacial score (nSPS) is 10.2. The minimum atomic E-state index is -0.612. The van der Waals surface area contributed by atoms with Crippen molar-refractivity contribution in [2.75, 3.05) is 17.9 Å². The summed E-state index contributed by atoms with van der Waals surface area (Å²) in [6.07, 6.45) is 1.17. The van der Waals surface area contributed by atoms with Crippen LogP contribution in [0.4, 0.5) is 17.3 Å². The zero-order valence-electron chi connectivity index (χ0n) is 16.4. The van der Waals surface area contributed by atoms with Crippen molar-refractivity contribution in [3.8, 4) is 5.75 Å². The number of carbonyl (C=O) groups excluding carboxylic acids is 1. The zero-order chi connectivity index (χ0) is 21.5. The summed E-state index contributed by atoms with van der Waals surface area (Å²) in [6.45, 7) is 2.32. The lowest BCUT2D eigenvalue weighted by Crippen LogP contribution is -2.30. The molecule has 1 aromatic heterocycles. The van der Waals surface area contributed by atoms with Gasteiger partial charge in [0.05, 0.1) is 12.0 Å². The summed E-state index contributed by atoms with van der Waals surface area (Å²) in [5.41, 5.74) is 6.93. The Bertz CT molecular complexity index is 1040. The van der Waals surface area contributed by atoms with E-state index in [4.69, 9.17) is 4.74 Å². The molecule has 1 heterocycles. The summed E-state index contributed by atoms with van der Waals surface area (Å²) in [6, 6.07) is 14.1. The van der Waals surface area contributed by atoms with Crippen molar-refractivity contribution in [3.63, 3.8) is 0 Å². The van der Waals surface area contributed by atoms with Gasteiger partial charge in [0.25, 0.3) is 5.91 Å². The van der Waals surface area contributed by atoms with Crippen LogP contribution in [-0.2, 0) is 6.54 Å². The summed E-state index contributed by atoms with van der Waals surface area (Å²) in [5.74, 6) is 0.0232. The highest BCUT2D eigenvalue weighted by molar-refractivity contribution is 5.95. The number of hydrogen-bond acceptors (Lipinski definition) is 8. The fraction of sp³-hybridized carbons (Fsp3) is 0.150. The van der Waals surface area contributed by atoms with Gasteiger partial charge < -0.3 is 10.1 Å². The molecule has 0 bridgehead atoms. The van der Waals surface area contributed by atoms with E-state index in [1.54, 1.807) is 24.3 Å². The van der Waals surface area contributed by atoms with Gasteiger partial charge >= 0.3 is 5.69 Å². The number of ether oxygens (including phenoxy) is 1. The van der Waals surface area contributed by atoms with Crippen LogP contribution < -0.4 is 20.9 Å². The first kappa shape index (κ1) is 20.5. The molecule has 2 aromatic carbocycles. The van der Waals surface area contributed by atoms with Gasteiger partial charge in [-0.05, 0) is 36.8 Å². The number of hydrazine groups is 1. The number of hydrogen-bond donors (Lipinski definition) is 3. The smallest absolute Gasteiger partial charge is 0.354 e. The first-order valence-corrected chi connectivity index (χ1v) is 8.97. The third kappa shape index (κ3) is 4.98. The maximum absolute atomic E-state index is 12.3. The Morgan fingerprint density at radius 2 is 1.73 bits per heavy atom. The summed E-state index contributed by atoms with van der Waals surface area (Å²) in [4.78, 5) is 31.1. The van der Waals surface area contributed by atoms with E-state index in [2.05, 4.69) is 26.1 Å². The minimum Gasteiger partial charge on any atom is -0.497 e. The van der Waals surface area contributed by atoms with Crippen LogP contribution >= 0.6 is 0 Å². The van der Waals surface area contributed by atoms with Crippen molar-refractivity contribution in [2.45, 2.75) is 13.5 Å². The summed E-state index contributed by atoms with van der Waals surface area (Å²) < 4.78 is 5.05. The number of anilines is 2. The monoisotopic (exact) mass is 408 g/mol. The largest absolute Gasteiger partial charge is 0.497 e. The van der Waals surface area contributed by atoms with Crippen LogP contribution in [0.3, 0.4) is 0 Å². The predicted molar refractivity (Wildman–Crippen MR) is 111 cm³/mol. The highest BCUT2D eigenvalue weighted by Crippen LogP contribution is 2.28. The van der Waals surface area contributed by atoms with Crippen molar-refractivity contribution in [2.24, 2.45) is 0 Å². The Kier molecular flexibility index (Phi) is 6.38. The average molecular weight is 408 g/mol. The van der Waals surface area contributed by atoms with Crippen molar-refractivity contribution in [3.05, 3.63) is 81.7 Å². The molecule has 154 valence electrons. The number of methoxy groups -OCH3 is 1. The summed E-state index contributed by atoms with van der Waals surface area (Å²) >= 11 is 0. The average Bonchev–Trinajstić information content (AvgIpc) is 2.77. The molecule has 30 heavy (non-hydrogen) atoms. The summed E-state index contributed by atoms with van der Waals surface area (Å²) in [7, 11) is 1.52. The minimum absolute atomic E-state index is 0.0387. The number of amides is 1.